The van der Waals surface area contributed by atoms with E-state index in [1.54, 1.807) is 7.11 Å². The van der Waals surface area contributed by atoms with Crippen LogP contribution in [0.3, 0.4) is 0 Å². The summed E-state index contributed by atoms with van der Waals surface area (Å²) in [5.41, 5.74) is 3.97. The summed E-state index contributed by atoms with van der Waals surface area (Å²) in [7, 11) is 1.55. The number of aliphatic carboxylic acids is 1. The van der Waals surface area contributed by atoms with Crippen molar-refractivity contribution < 1.29 is 24.2 Å². The highest BCUT2D eigenvalue weighted by atomic mass is 16.5. The van der Waals surface area contributed by atoms with Crippen molar-refractivity contribution >= 4 is 11.9 Å². The number of ether oxygens (including phenoxy) is 2. The molecule has 27 heavy (non-hydrogen) atoms. The van der Waals surface area contributed by atoms with Crippen LogP contribution in [-0.4, -0.2) is 24.2 Å². The van der Waals surface area contributed by atoms with Crippen molar-refractivity contribution in [3.63, 3.8) is 0 Å². The molecule has 0 saturated heterocycles. The van der Waals surface area contributed by atoms with Crippen LogP contribution in [-0.2, 0) is 22.6 Å². The van der Waals surface area contributed by atoms with E-state index < -0.39 is 11.9 Å². The molecule has 1 N–H and O–H groups in total. The first-order valence-corrected chi connectivity index (χ1v) is 9.18. The van der Waals surface area contributed by atoms with Crippen LogP contribution in [0.2, 0.25) is 0 Å². The second kappa shape index (κ2) is 7.83. The van der Waals surface area contributed by atoms with Crippen molar-refractivity contribution in [2.75, 3.05) is 7.11 Å². The quantitative estimate of drug-likeness (QED) is 0.628. The Hall–Kier alpha value is -2.81. The van der Waals surface area contributed by atoms with Gasteiger partial charge in [-0.3, -0.25) is 4.79 Å². The van der Waals surface area contributed by atoms with Gasteiger partial charge in [-0.2, -0.15) is 5.26 Å². The molecule has 142 valence electrons. The molecule has 1 atom stereocenters. The standard InChI is InChI=1S/C21H23NO5/c1-12-17-11-27-21(25)19(17)16(10-22)15(20(12)26-2)8-7-13-5-3-4-6-14(13)9-18(23)24/h7,14H,3-6,8-9,11H2,1-2H3,(H,23,24)/t14-/m0/s1. The summed E-state index contributed by atoms with van der Waals surface area (Å²) in [6.45, 7) is 2.03. The van der Waals surface area contributed by atoms with Gasteiger partial charge in [-0.25, -0.2) is 4.79 Å². The Balaban J connectivity index is 2.03. The molecule has 1 aliphatic heterocycles. The second-order valence-corrected chi connectivity index (χ2v) is 7.08. The lowest BCUT2D eigenvalue weighted by Crippen LogP contribution is -2.15. The molecule has 0 spiro atoms. The van der Waals surface area contributed by atoms with Crippen LogP contribution in [0.5, 0.6) is 5.75 Å². The smallest absolute Gasteiger partial charge is 0.340 e. The number of nitrogens with zero attached hydrogens (tertiary/aromatic N) is 1. The van der Waals surface area contributed by atoms with Crippen LogP contribution in [0.4, 0.5) is 0 Å². The summed E-state index contributed by atoms with van der Waals surface area (Å²) >= 11 is 0. The number of nitriles is 1. The number of carboxylic acid groups (broad SMARTS) is 1. The Labute approximate surface area is 158 Å². The van der Waals surface area contributed by atoms with E-state index in [1.165, 1.54) is 0 Å². The monoisotopic (exact) mass is 369 g/mol. The molecule has 1 aromatic carbocycles. The van der Waals surface area contributed by atoms with E-state index >= 15 is 0 Å². The van der Waals surface area contributed by atoms with Gasteiger partial charge in [0, 0.05) is 11.1 Å². The van der Waals surface area contributed by atoms with Crippen LogP contribution >= 0.6 is 0 Å². The summed E-state index contributed by atoms with van der Waals surface area (Å²) < 4.78 is 10.7. The number of fused-ring (bicyclic) bond motifs is 1. The van der Waals surface area contributed by atoms with E-state index in [2.05, 4.69) is 6.07 Å². The molecule has 1 fully saturated rings. The number of carbonyl (C=O) groups excluding carboxylic acids is 1. The maximum atomic E-state index is 12.1. The Morgan fingerprint density at radius 2 is 2.22 bits per heavy atom. The fourth-order valence-corrected chi connectivity index (χ4v) is 4.23. The van der Waals surface area contributed by atoms with Crippen LogP contribution < -0.4 is 4.74 Å². The summed E-state index contributed by atoms with van der Waals surface area (Å²) in [5.74, 6) is -0.624. The lowest BCUT2D eigenvalue weighted by atomic mass is 9.81. The van der Waals surface area contributed by atoms with Crippen molar-refractivity contribution in [2.24, 2.45) is 5.92 Å². The Morgan fingerprint density at radius 1 is 1.44 bits per heavy atom. The molecular weight excluding hydrogens is 346 g/mol. The number of hydrogen-bond donors (Lipinski definition) is 1. The zero-order valence-corrected chi connectivity index (χ0v) is 15.6. The van der Waals surface area contributed by atoms with Gasteiger partial charge in [0.15, 0.2) is 0 Å². The molecule has 0 aromatic heterocycles. The molecule has 1 aromatic rings. The van der Waals surface area contributed by atoms with Crippen molar-refractivity contribution in [1.82, 2.24) is 0 Å². The molecular formula is C21H23NO5. The first-order chi connectivity index (χ1) is 13.0. The average Bonchev–Trinajstić information content (AvgIpc) is 3.03. The van der Waals surface area contributed by atoms with Crippen molar-refractivity contribution in [3.8, 4) is 11.8 Å². The molecule has 6 nitrogen and oxygen atoms in total. The first kappa shape index (κ1) is 19.0. The Kier molecular flexibility index (Phi) is 5.50. The normalized spacial score (nSPS) is 20.1. The summed E-state index contributed by atoms with van der Waals surface area (Å²) in [6, 6.07) is 2.16. The van der Waals surface area contributed by atoms with Crippen molar-refractivity contribution in [3.05, 3.63) is 39.5 Å². The zero-order chi connectivity index (χ0) is 19.6. The van der Waals surface area contributed by atoms with Gasteiger partial charge in [-0.1, -0.05) is 18.1 Å². The SMILES string of the molecule is COc1c(C)c2c(c(C#N)c1CC=C1CCCC[C@H]1CC(=O)O)C(=O)OC2. The molecule has 0 amide bonds. The third-order valence-corrected chi connectivity index (χ3v) is 5.57. The third-order valence-electron chi connectivity index (χ3n) is 5.57. The number of carboxylic acids is 1. The van der Waals surface area contributed by atoms with E-state index in [9.17, 15) is 14.9 Å². The highest BCUT2D eigenvalue weighted by Crippen LogP contribution is 2.39. The Morgan fingerprint density at radius 3 is 2.89 bits per heavy atom. The average molecular weight is 369 g/mol. The number of benzene rings is 1. The van der Waals surface area contributed by atoms with E-state index in [1.807, 2.05) is 13.0 Å². The number of carbonyl (C=O) groups is 2. The van der Waals surface area contributed by atoms with Gasteiger partial charge >= 0.3 is 11.9 Å². The highest BCUT2D eigenvalue weighted by molar-refractivity contribution is 5.97. The number of esters is 1. The fourth-order valence-electron chi connectivity index (χ4n) is 4.23. The van der Waals surface area contributed by atoms with Crippen molar-refractivity contribution in [1.29, 1.82) is 5.26 Å². The van der Waals surface area contributed by atoms with Gasteiger partial charge in [0.1, 0.15) is 18.4 Å². The minimum Gasteiger partial charge on any atom is -0.496 e. The summed E-state index contributed by atoms with van der Waals surface area (Å²) in [6.07, 6.45) is 6.40. The number of allylic oxidation sites excluding steroid dienone is 2. The van der Waals surface area contributed by atoms with Gasteiger partial charge in [-0.05, 0) is 44.1 Å². The highest BCUT2D eigenvalue weighted by Gasteiger charge is 2.32. The summed E-state index contributed by atoms with van der Waals surface area (Å²) in [5, 5.41) is 18.9. The molecule has 3 rings (SSSR count). The number of methoxy groups -OCH3 is 1. The Bertz CT molecular complexity index is 863. The largest absolute Gasteiger partial charge is 0.496 e. The molecule has 0 bridgehead atoms. The maximum Gasteiger partial charge on any atom is 0.340 e. The maximum absolute atomic E-state index is 12.1. The minimum absolute atomic E-state index is 0.0354. The molecule has 2 aliphatic rings. The number of rotatable bonds is 5. The predicted molar refractivity (Wildman–Crippen MR) is 97.6 cm³/mol. The third kappa shape index (κ3) is 3.55. The number of cyclic esters (lactones) is 1. The van der Waals surface area contributed by atoms with E-state index in [0.29, 0.717) is 34.4 Å². The van der Waals surface area contributed by atoms with Crippen LogP contribution in [0, 0.1) is 24.2 Å². The topological polar surface area (TPSA) is 96.6 Å². The molecule has 1 aliphatic carbocycles. The van der Waals surface area contributed by atoms with Gasteiger partial charge in [0.2, 0.25) is 0 Å². The van der Waals surface area contributed by atoms with E-state index in [0.717, 1.165) is 36.8 Å². The molecule has 6 heteroatoms. The second-order valence-electron chi connectivity index (χ2n) is 7.08. The molecule has 0 unspecified atom stereocenters. The first-order valence-electron chi connectivity index (χ1n) is 9.18. The molecule has 1 heterocycles. The molecule has 1 saturated carbocycles. The zero-order valence-electron chi connectivity index (χ0n) is 15.6. The number of hydrogen-bond acceptors (Lipinski definition) is 5. The van der Waals surface area contributed by atoms with Gasteiger partial charge in [-0.15, -0.1) is 0 Å². The lowest BCUT2D eigenvalue weighted by Gasteiger charge is -2.24. The van der Waals surface area contributed by atoms with E-state index in [-0.39, 0.29) is 18.9 Å². The predicted octanol–water partition coefficient (Wildman–Crippen LogP) is 3.68. The van der Waals surface area contributed by atoms with Crippen LogP contribution in [0.1, 0.15) is 64.7 Å². The van der Waals surface area contributed by atoms with Gasteiger partial charge < -0.3 is 14.6 Å². The van der Waals surface area contributed by atoms with Crippen LogP contribution in [0.15, 0.2) is 11.6 Å². The van der Waals surface area contributed by atoms with Gasteiger partial charge in [0.05, 0.1) is 24.7 Å². The lowest BCUT2D eigenvalue weighted by molar-refractivity contribution is -0.137. The van der Waals surface area contributed by atoms with E-state index in [4.69, 9.17) is 14.6 Å². The summed E-state index contributed by atoms with van der Waals surface area (Å²) in [4.78, 5) is 23.3. The van der Waals surface area contributed by atoms with Crippen molar-refractivity contribution in [2.45, 2.75) is 52.1 Å². The van der Waals surface area contributed by atoms with Crippen LogP contribution in [0.25, 0.3) is 0 Å². The van der Waals surface area contributed by atoms with Gasteiger partial charge in [0.25, 0.3) is 0 Å². The minimum atomic E-state index is -0.792. The fraction of sp³-hybridized carbons (Fsp3) is 0.476. The molecule has 0 radical (unpaired) electrons.